The van der Waals surface area contributed by atoms with E-state index >= 15 is 0 Å². The lowest BCUT2D eigenvalue weighted by Gasteiger charge is -2.13. The molecule has 2 heterocycles. The van der Waals surface area contributed by atoms with Gasteiger partial charge in [0.2, 0.25) is 5.88 Å². The molecule has 0 N–H and O–H groups in total. The van der Waals surface area contributed by atoms with Gasteiger partial charge in [-0.3, -0.25) is 0 Å². The predicted octanol–water partition coefficient (Wildman–Crippen LogP) is 4.26. The molecule has 2 aromatic heterocycles. The molecule has 0 aliphatic rings. The van der Waals surface area contributed by atoms with E-state index in [1.807, 2.05) is 13.8 Å². The van der Waals surface area contributed by atoms with Crippen molar-refractivity contribution < 1.29 is 13.5 Å². The first kappa shape index (κ1) is 17.3. The smallest absolute Gasteiger partial charge is 0.224 e. The van der Waals surface area contributed by atoms with Crippen LogP contribution in [0.5, 0.6) is 5.88 Å². The highest BCUT2D eigenvalue weighted by molar-refractivity contribution is 6.30. The molecule has 0 saturated heterocycles. The molecule has 3 aromatic rings. The van der Waals surface area contributed by atoms with E-state index in [9.17, 15) is 8.78 Å². The Balaban J connectivity index is 2.16. The Hall–Kier alpha value is -2.54. The van der Waals surface area contributed by atoms with Crippen molar-refractivity contribution in [2.75, 3.05) is 0 Å². The van der Waals surface area contributed by atoms with E-state index < -0.39 is 11.6 Å². The Bertz CT molecular complexity index is 907. The number of nitrogens with zero attached hydrogens (tertiary/aromatic N) is 4. The normalized spacial score (nSPS) is 11.2. The van der Waals surface area contributed by atoms with Gasteiger partial charge >= 0.3 is 0 Å². The van der Waals surface area contributed by atoms with E-state index in [0.717, 1.165) is 0 Å². The molecule has 0 fully saturated rings. The average Bonchev–Trinajstić information content (AvgIpc) is 2.90. The maximum Gasteiger partial charge on any atom is 0.224 e. The van der Waals surface area contributed by atoms with Crippen molar-refractivity contribution in [2.45, 2.75) is 20.0 Å². The van der Waals surface area contributed by atoms with Crippen LogP contribution in [0.15, 0.2) is 30.5 Å². The third-order valence-corrected chi connectivity index (χ3v) is 3.67. The van der Waals surface area contributed by atoms with Crippen LogP contribution in [0.2, 0.25) is 5.02 Å². The van der Waals surface area contributed by atoms with E-state index in [2.05, 4.69) is 15.2 Å². The number of hydrogen-bond donors (Lipinski definition) is 0. The van der Waals surface area contributed by atoms with Crippen LogP contribution >= 0.6 is 11.6 Å². The third kappa shape index (κ3) is 3.32. The molecule has 0 aliphatic carbocycles. The molecule has 130 valence electrons. The minimum absolute atomic E-state index is 0.0565. The lowest BCUT2D eigenvalue weighted by Crippen LogP contribution is -2.09. The highest BCUT2D eigenvalue weighted by Crippen LogP contribution is 2.33. The van der Waals surface area contributed by atoms with Crippen LogP contribution < -0.4 is 4.74 Å². The van der Waals surface area contributed by atoms with Gasteiger partial charge in [0.1, 0.15) is 11.6 Å². The molecular weight excluding hydrogens is 350 g/mol. The molecule has 5 nitrogen and oxygen atoms in total. The van der Waals surface area contributed by atoms with E-state index in [1.165, 1.54) is 29.0 Å². The Kier molecular flexibility index (Phi) is 4.67. The highest BCUT2D eigenvalue weighted by atomic mass is 35.5. The average molecular weight is 365 g/mol. The van der Waals surface area contributed by atoms with Gasteiger partial charge in [-0.1, -0.05) is 17.7 Å². The SMILES string of the molecule is CC(C)Oc1ncc(Cl)cc1-c1nnc(-c2c(F)cccc2F)n1C. The Morgan fingerprint density at radius 3 is 2.40 bits per heavy atom. The maximum absolute atomic E-state index is 14.1. The molecule has 0 aliphatic heterocycles. The summed E-state index contributed by atoms with van der Waals surface area (Å²) in [6.07, 6.45) is 1.33. The summed E-state index contributed by atoms with van der Waals surface area (Å²) >= 11 is 6.03. The molecule has 0 saturated carbocycles. The molecule has 0 bridgehead atoms. The van der Waals surface area contributed by atoms with Crippen molar-refractivity contribution >= 4 is 11.6 Å². The summed E-state index contributed by atoms with van der Waals surface area (Å²) in [7, 11) is 1.61. The van der Waals surface area contributed by atoms with Gasteiger partial charge in [-0.25, -0.2) is 13.8 Å². The first-order valence-corrected chi connectivity index (χ1v) is 7.92. The summed E-state index contributed by atoms with van der Waals surface area (Å²) in [5.74, 6) is -0.727. The van der Waals surface area contributed by atoms with Gasteiger partial charge in [0.15, 0.2) is 11.6 Å². The predicted molar refractivity (Wildman–Crippen MR) is 90.4 cm³/mol. The summed E-state index contributed by atoms with van der Waals surface area (Å²) in [4.78, 5) is 4.17. The third-order valence-electron chi connectivity index (χ3n) is 3.47. The van der Waals surface area contributed by atoms with Crippen LogP contribution in [-0.4, -0.2) is 25.9 Å². The topological polar surface area (TPSA) is 52.8 Å². The van der Waals surface area contributed by atoms with Crippen molar-refractivity contribution in [3.63, 3.8) is 0 Å². The van der Waals surface area contributed by atoms with E-state index in [4.69, 9.17) is 16.3 Å². The van der Waals surface area contributed by atoms with Gasteiger partial charge in [0, 0.05) is 13.2 Å². The zero-order chi connectivity index (χ0) is 18.1. The first-order chi connectivity index (χ1) is 11.9. The van der Waals surface area contributed by atoms with Crippen molar-refractivity contribution in [2.24, 2.45) is 7.05 Å². The lowest BCUT2D eigenvalue weighted by atomic mass is 10.2. The maximum atomic E-state index is 14.1. The van der Waals surface area contributed by atoms with Gasteiger partial charge < -0.3 is 9.30 Å². The quantitative estimate of drug-likeness (QED) is 0.694. The van der Waals surface area contributed by atoms with Crippen molar-refractivity contribution in [3.8, 4) is 28.7 Å². The van der Waals surface area contributed by atoms with Crippen LogP contribution in [0.3, 0.4) is 0 Å². The fourth-order valence-corrected chi connectivity index (χ4v) is 2.55. The Morgan fingerprint density at radius 2 is 1.76 bits per heavy atom. The summed E-state index contributed by atoms with van der Waals surface area (Å²) in [5.41, 5.74) is 0.240. The fraction of sp³-hybridized carbons (Fsp3) is 0.235. The molecule has 1 aromatic carbocycles. The lowest BCUT2D eigenvalue weighted by molar-refractivity contribution is 0.233. The number of hydrogen-bond acceptors (Lipinski definition) is 4. The van der Waals surface area contributed by atoms with Gasteiger partial charge in [-0.05, 0) is 32.0 Å². The second-order valence-electron chi connectivity index (χ2n) is 5.68. The van der Waals surface area contributed by atoms with Gasteiger partial charge in [-0.15, -0.1) is 10.2 Å². The van der Waals surface area contributed by atoms with Crippen LogP contribution in [0.4, 0.5) is 8.78 Å². The second kappa shape index (κ2) is 6.76. The standard InChI is InChI=1S/C17H15ClF2N4O/c1-9(2)25-17-11(7-10(18)8-21-17)15-22-23-16(24(15)3)14-12(19)5-4-6-13(14)20/h4-9H,1-3H3. The van der Waals surface area contributed by atoms with E-state index in [1.54, 1.807) is 13.1 Å². The van der Waals surface area contributed by atoms with Crippen LogP contribution in [0.25, 0.3) is 22.8 Å². The molecule has 0 radical (unpaired) electrons. The molecule has 0 unspecified atom stereocenters. The number of rotatable bonds is 4. The minimum atomic E-state index is -0.718. The van der Waals surface area contributed by atoms with Crippen molar-refractivity contribution in [1.82, 2.24) is 19.7 Å². The fourth-order valence-electron chi connectivity index (χ4n) is 2.40. The number of pyridine rings is 1. The summed E-state index contributed by atoms with van der Waals surface area (Å²) in [6.45, 7) is 3.72. The van der Waals surface area contributed by atoms with Crippen LogP contribution in [0.1, 0.15) is 13.8 Å². The molecular formula is C17H15ClF2N4O. The number of halogens is 3. The molecule has 0 atom stereocenters. The van der Waals surface area contributed by atoms with Gasteiger partial charge in [0.25, 0.3) is 0 Å². The number of benzene rings is 1. The summed E-state index contributed by atoms with van der Waals surface area (Å²) in [6, 6.07) is 5.25. The van der Waals surface area contributed by atoms with Crippen molar-refractivity contribution in [3.05, 3.63) is 47.1 Å². The summed E-state index contributed by atoms with van der Waals surface area (Å²) < 4.78 is 35.3. The van der Waals surface area contributed by atoms with Crippen molar-refractivity contribution in [1.29, 1.82) is 0 Å². The molecule has 8 heteroatoms. The van der Waals surface area contributed by atoms with Gasteiger partial charge in [-0.2, -0.15) is 0 Å². The zero-order valence-corrected chi connectivity index (χ0v) is 14.6. The first-order valence-electron chi connectivity index (χ1n) is 7.54. The number of aromatic nitrogens is 4. The number of ether oxygens (including phenoxy) is 1. The van der Waals surface area contributed by atoms with E-state index in [0.29, 0.717) is 22.3 Å². The van der Waals surface area contributed by atoms with Crippen LogP contribution in [-0.2, 0) is 7.05 Å². The highest BCUT2D eigenvalue weighted by Gasteiger charge is 2.22. The molecule has 0 spiro atoms. The second-order valence-corrected chi connectivity index (χ2v) is 6.11. The van der Waals surface area contributed by atoms with Crippen LogP contribution in [0, 0.1) is 11.6 Å². The Morgan fingerprint density at radius 1 is 1.12 bits per heavy atom. The van der Waals surface area contributed by atoms with Gasteiger partial charge in [0.05, 0.1) is 22.3 Å². The summed E-state index contributed by atoms with van der Waals surface area (Å²) in [5, 5.41) is 8.38. The largest absolute Gasteiger partial charge is 0.474 e. The minimum Gasteiger partial charge on any atom is -0.474 e. The molecule has 0 amide bonds. The molecule has 25 heavy (non-hydrogen) atoms. The molecule has 3 rings (SSSR count). The van der Waals surface area contributed by atoms with E-state index in [-0.39, 0.29) is 17.5 Å². The Labute approximate surface area is 148 Å². The zero-order valence-electron chi connectivity index (χ0n) is 13.8. The monoisotopic (exact) mass is 364 g/mol.